The Morgan fingerprint density at radius 1 is 1.22 bits per heavy atom. The molecule has 0 aliphatic heterocycles. The number of carbonyl (C=O) groups is 1. The van der Waals surface area contributed by atoms with Crippen LogP contribution in [-0.2, 0) is 4.79 Å². The van der Waals surface area contributed by atoms with Crippen molar-refractivity contribution in [1.29, 1.82) is 0 Å². The summed E-state index contributed by atoms with van der Waals surface area (Å²) in [6, 6.07) is 0. The molecule has 0 heterocycles. The van der Waals surface area contributed by atoms with Gasteiger partial charge in [-0.1, -0.05) is 0 Å². The third-order valence-electron chi connectivity index (χ3n) is 2.57. The minimum absolute atomic E-state index is 0.426. The zero-order chi connectivity index (χ0) is 6.27. The Bertz CT molecular complexity index is 132. The Balaban J connectivity index is 2.15. The summed E-state index contributed by atoms with van der Waals surface area (Å²) in [6.07, 6.45) is 6.82. The van der Waals surface area contributed by atoms with Crippen LogP contribution >= 0.6 is 0 Å². The summed E-state index contributed by atoms with van der Waals surface area (Å²) < 4.78 is 0. The first kappa shape index (κ1) is 5.45. The van der Waals surface area contributed by atoms with Crippen molar-refractivity contribution in [3.63, 3.8) is 0 Å². The van der Waals surface area contributed by atoms with Gasteiger partial charge in [0.05, 0.1) is 0 Å². The predicted molar refractivity (Wildman–Crippen MR) is 34.8 cm³/mol. The molecular formula is C8H11O. The Hall–Kier alpha value is -0.330. The second-order valence-corrected chi connectivity index (χ2v) is 3.18. The second kappa shape index (κ2) is 1.83. The van der Waals surface area contributed by atoms with Gasteiger partial charge in [-0.15, -0.1) is 0 Å². The number of fused-ring (bicyclic) bond motifs is 3. The largest absolute Gasteiger partial charge is 0.299 e. The van der Waals surface area contributed by atoms with E-state index in [0.717, 1.165) is 0 Å². The Kier molecular flexibility index (Phi) is 1.11. The maximum absolute atomic E-state index is 11.0. The monoisotopic (exact) mass is 123 g/mol. The third kappa shape index (κ3) is 0.790. The number of Topliss-reactive ketones (excluding diaryl/α,β-unsaturated/α-hetero) is 1. The minimum atomic E-state index is 0.426. The smallest absolute Gasteiger partial charge is 0.140 e. The van der Waals surface area contributed by atoms with Gasteiger partial charge in [0, 0.05) is 12.3 Å². The lowest BCUT2D eigenvalue weighted by Gasteiger charge is -2.33. The number of hydrogen-bond acceptors (Lipinski definition) is 1. The summed E-state index contributed by atoms with van der Waals surface area (Å²) in [5.41, 5.74) is 0. The molecule has 2 bridgehead atoms. The second-order valence-electron chi connectivity index (χ2n) is 3.18. The first-order chi connectivity index (χ1) is 4.36. The van der Waals surface area contributed by atoms with Crippen molar-refractivity contribution in [3.8, 4) is 0 Å². The fraction of sp³-hybridized carbons (Fsp3) is 0.750. The van der Waals surface area contributed by atoms with Crippen LogP contribution in [0.25, 0.3) is 0 Å². The molecule has 0 spiro atoms. The molecule has 9 heavy (non-hydrogen) atoms. The molecule has 0 unspecified atom stereocenters. The first-order valence-corrected chi connectivity index (χ1v) is 3.75. The molecule has 1 heteroatoms. The van der Waals surface area contributed by atoms with Crippen LogP contribution in [0.4, 0.5) is 0 Å². The van der Waals surface area contributed by atoms with Crippen LogP contribution in [0.1, 0.15) is 25.7 Å². The summed E-state index contributed by atoms with van der Waals surface area (Å²) in [4.78, 5) is 11.0. The van der Waals surface area contributed by atoms with Crippen LogP contribution in [0.5, 0.6) is 0 Å². The molecule has 3 aliphatic rings. The fourth-order valence-corrected chi connectivity index (χ4v) is 1.94. The fourth-order valence-electron chi connectivity index (χ4n) is 1.94. The highest BCUT2D eigenvalue weighted by Gasteiger charge is 2.33. The van der Waals surface area contributed by atoms with Gasteiger partial charge >= 0.3 is 0 Å². The van der Waals surface area contributed by atoms with Crippen molar-refractivity contribution >= 4 is 5.78 Å². The van der Waals surface area contributed by atoms with Crippen molar-refractivity contribution in [2.45, 2.75) is 25.7 Å². The zero-order valence-electron chi connectivity index (χ0n) is 5.47. The standard InChI is InChI=1S/C8H11O/c9-8-5-6-1-3-7(8)4-2-6/h5-7H,1-4H2. The quantitative estimate of drug-likeness (QED) is 0.478. The van der Waals surface area contributed by atoms with Gasteiger partial charge < -0.3 is 0 Å². The van der Waals surface area contributed by atoms with Gasteiger partial charge in [0.2, 0.25) is 0 Å². The molecule has 0 aromatic heterocycles. The van der Waals surface area contributed by atoms with E-state index in [0.29, 0.717) is 17.6 Å². The van der Waals surface area contributed by atoms with Gasteiger partial charge in [0.25, 0.3) is 0 Å². The molecule has 0 saturated heterocycles. The Labute approximate surface area is 55.4 Å². The van der Waals surface area contributed by atoms with Crippen LogP contribution < -0.4 is 0 Å². The molecule has 1 nitrogen and oxygen atoms in total. The van der Waals surface area contributed by atoms with Gasteiger partial charge in [-0.3, -0.25) is 4.79 Å². The minimum Gasteiger partial charge on any atom is -0.299 e. The highest BCUT2D eigenvalue weighted by molar-refractivity contribution is 5.90. The number of ketones is 1. The molecule has 0 amide bonds. The van der Waals surface area contributed by atoms with E-state index in [1.807, 2.05) is 6.42 Å². The number of hydrogen-bond donors (Lipinski definition) is 0. The average molecular weight is 123 g/mol. The summed E-state index contributed by atoms with van der Waals surface area (Å²) in [5.74, 6) is 1.51. The van der Waals surface area contributed by atoms with Crippen molar-refractivity contribution < 1.29 is 4.79 Å². The van der Waals surface area contributed by atoms with E-state index in [1.54, 1.807) is 0 Å². The van der Waals surface area contributed by atoms with Gasteiger partial charge in [-0.25, -0.2) is 0 Å². The molecule has 0 aromatic carbocycles. The van der Waals surface area contributed by atoms with E-state index in [9.17, 15) is 4.79 Å². The highest BCUT2D eigenvalue weighted by atomic mass is 16.1. The van der Waals surface area contributed by atoms with Gasteiger partial charge in [0.1, 0.15) is 5.78 Å². The summed E-state index contributed by atoms with van der Waals surface area (Å²) in [6.45, 7) is 0. The molecule has 1 radical (unpaired) electrons. The van der Waals surface area contributed by atoms with E-state index < -0.39 is 0 Å². The van der Waals surface area contributed by atoms with Crippen molar-refractivity contribution in [2.75, 3.05) is 0 Å². The predicted octanol–water partition coefficient (Wildman–Crippen LogP) is 1.58. The van der Waals surface area contributed by atoms with Crippen LogP contribution in [0, 0.1) is 18.3 Å². The molecule has 49 valence electrons. The van der Waals surface area contributed by atoms with Crippen LogP contribution in [-0.4, -0.2) is 5.78 Å². The van der Waals surface area contributed by atoms with Crippen molar-refractivity contribution in [3.05, 3.63) is 6.42 Å². The molecular weight excluding hydrogens is 112 g/mol. The summed E-state index contributed by atoms with van der Waals surface area (Å²) in [7, 11) is 0. The molecule has 0 aromatic rings. The van der Waals surface area contributed by atoms with Gasteiger partial charge in [0.15, 0.2) is 0 Å². The number of carbonyl (C=O) groups excluding carboxylic acids is 1. The normalized spacial score (nSPS) is 41.6. The topological polar surface area (TPSA) is 17.1 Å². The van der Waals surface area contributed by atoms with E-state index in [1.165, 1.54) is 25.7 Å². The van der Waals surface area contributed by atoms with E-state index in [-0.39, 0.29) is 0 Å². The Morgan fingerprint density at radius 2 is 1.89 bits per heavy atom. The van der Waals surface area contributed by atoms with Gasteiger partial charge in [-0.05, 0) is 31.6 Å². The van der Waals surface area contributed by atoms with E-state index >= 15 is 0 Å². The highest BCUT2D eigenvalue weighted by Crippen LogP contribution is 2.37. The van der Waals surface area contributed by atoms with Crippen molar-refractivity contribution in [2.24, 2.45) is 11.8 Å². The van der Waals surface area contributed by atoms with Crippen molar-refractivity contribution in [1.82, 2.24) is 0 Å². The molecule has 0 atom stereocenters. The van der Waals surface area contributed by atoms with Crippen LogP contribution in [0.15, 0.2) is 0 Å². The molecule has 3 rings (SSSR count). The lowest BCUT2D eigenvalue weighted by atomic mass is 9.70. The van der Waals surface area contributed by atoms with E-state index in [2.05, 4.69) is 0 Å². The summed E-state index contributed by atoms with van der Waals surface area (Å²) in [5, 5.41) is 0. The maximum atomic E-state index is 11.0. The lowest BCUT2D eigenvalue weighted by Crippen LogP contribution is -2.31. The SMILES string of the molecule is O=C1[CH]C2CCC1CC2. The third-order valence-corrected chi connectivity index (χ3v) is 2.57. The molecule has 0 N–H and O–H groups in total. The first-order valence-electron chi connectivity index (χ1n) is 3.75. The average Bonchev–Trinajstić information content (AvgIpc) is 1.90. The number of rotatable bonds is 0. The van der Waals surface area contributed by atoms with E-state index in [4.69, 9.17) is 0 Å². The summed E-state index contributed by atoms with van der Waals surface area (Å²) >= 11 is 0. The molecule has 3 saturated carbocycles. The molecule has 3 fully saturated rings. The van der Waals surface area contributed by atoms with Gasteiger partial charge in [-0.2, -0.15) is 0 Å². The van der Waals surface area contributed by atoms with Crippen LogP contribution in [0.2, 0.25) is 0 Å². The Morgan fingerprint density at radius 3 is 2.11 bits per heavy atom. The maximum Gasteiger partial charge on any atom is 0.140 e. The lowest BCUT2D eigenvalue weighted by molar-refractivity contribution is -0.123. The van der Waals surface area contributed by atoms with Crippen LogP contribution in [0.3, 0.4) is 0 Å². The molecule has 3 aliphatic carbocycles. The zero-order valence-corrected chi connectivity index (χ0v) is 5.47.